The van der Waals surface area contributed by atoms with Crippen LogP contribution in [0, 0.1) is 11.8 Å². The summed E-state index contributed by atoms with van der Waals surface area (Å²) >= 11 is 0. The van der Waals surface area contributed by atoms with Crippen molar-refractivity contribution in [1.29, 1.82) is 0 Å². The lowest BCUT2D eigenvalue weighted by Crippen LogP contribution is -2.29. The minimum Gasteiger partial charge on any atom is -0.396 e. The van der Waals surface area contributed by atoms with Crippen molar-refractivity contribution >= 4 is 11.6 Å². The van der Waals surface area contributed by atoms with E-state index in [4.69, 9.17) is 0 Å². The molecule has 19 heavy (non-hydrogen) atoms. The second-order valence-corrected chi connectivity index (χ2v) is 5.71. The number of fused-ring (bicyclic) bond motifs is 1. The van der Waals surface area contributed by atoms with Gasteiger partial charge in [0.1, 0.15) is 0 Å². The van der Waals surface area contributed by atoms with Crippen LogP contribution in [0.3, 0.4) is 0 Å². The third-order valence-electron chi connectivity index (χ3n) is 3.95. The molecule has 2 rings (SSSR count). The van der Waals surface area contributed by atoms with Gasteiger partial charge in [0, 0.05) is 5.69 Å². The fourth-order valence-electron chi connectivity index (χ4n) is 2.64. The van der Waals surface area contributed by atoms with E-state index in [1.54, 1.807) is 0 Å². The van der Waals surface area contributed by atoms with Crippen molar-refractivity contribution in [3.8, 4) is 0 Å². The molecule has 0 spiro atoms. The van der Waals surface area contributed by atoms with Gasteiger partial charge in [0.2, 0.25) is 5.91 Å². The average molecular weight is 261 g/mol. The molecule has 0 aromatic heterocycles. The summed E-state index contributed by atoms with van der Waals surface area (Å²) in [5.41, 5.74) is 3.62. The third-order valence-corrected chi connectivity index (χ3v) is 3.95. The largest absolute Gasteiger partial charge is 0.396 e. The van der Waals surface area contributed by atoms with E-state index in [0.717, 1.165) is 18.5 Å². The Labute approximate surface area is 115 Å². The molecule has 0 fully saturated rings. The summed E-state index contributed by atoms with van der Waals surface area (Å²) in [6, 6.07) is 6.17. The van der Waals surface area contributed by atoms with Crippen LogP contribution in [-0.4, -0.2) is 17.6 Å². The van der Waals surface area contributed by atoms with Crippen LogP contribution in [-0.2, 0) is 17.6 Å². The molecular formula is C16H23NO2. The maximum Gasteiger partial charge on any atom is 0.230 e. The Morgan fingerprint density at radius 1 is 1.26 bits per heavy atom. The molecule has 1 atom stereocenters. The predicted molar refractivity (Wildman–Crippen MR) is 77.1 cm³/mol. The van der Waals surface area contributed by atoms with E-state index in [1.165, 1.54) is 24.0 Å². The van der Waals surface area contributed by atoms with E-state index in [2.05, 4.69) is 17.4 Å². The number of aliphatic hydroxyl groups excluding tert-OH is 1. The molecule has 1 aliphatic carbocycles. The van der Waals surface area contributed by atoms with E-state index in [-0.39, 0.29) is 24.3 Å². The topological polar surface area (TPSA) is 49.3 Å². The summed E-state index contributed by atoms with van der Waals surface area (Å²) in [7, 11) is 0. The number of aliphatic hydroxyl groups is 1. The molecular weight excluding hydrogens is 238 g/mol. The first-order chi connectivity index (χ1) is 9.11. The number of aryl methyl sites for hydroxylation is 2. The Morgan fingerprint density at radius 2 is 1.95 bits per heavy atom. The highest BCUT2D eigenvalue weighted by Gasteiger charge is 2.21. The minimum absolute atomic E-state index is 0.0896. The Morgan fingerprint density at radius 3 is 2.58 bits per heavy atom. The Kier molecular flexibility index (Phi) is 4.59. The van der Waals surface area contributed by atoms with Crippen LogP contribution in [0.15, 0.2) is 18.2 Å². The summed E-state index contributed by atoms with van der Waals surface area (Å²) in [6.45, 7) is 3.80. The van der Waals surface area contributed by atoms with Gasteiger partial charge in [0.15, 0.2) is 0 Å². The summed E-state index contributed by atoms with van der Waals surface area (Å²) < 4.78 is 0. The number of amides is 1. The number of carbonyl (C=O) groups is 1. The van der Waals surface area contributed by atoms with Crippen molar-refractivity contribution in [3.05, 3.63) is 29.3 Å². The molecule has 1 aliphatic rings. The smallest absolute Gasteiger partial charge is 0.230 e. The van der Waals surface area contributed by atoms with Gasteiger partial charge >= 0.3 is 0 Å². The molecule has 3 nitrogen and oxygen atoms in total. The van der Waals surface area contributed by atoms with Crippen LogP contribution < -0.4 is 5.32 Å². The van der Waals surface area contributed by atoms with Gasteiger partial charge in [-0.1, -0.05) is 19.9 Å². The predicted octanol–water partition coefficient (Wildman–Crippen LogP) is 2.77. The van der Waals surface area contributed by atoms with Crippen molar-refractivity contribution < 1.29 is 9.90 Å². The lowest BCUT2D eigenvalue weighted by molar-refractivity contribution is -0.122. The SMILES string of the molecule is CC(C)C(CO)C(=O)Nc1ccc2c(c1)CCCC2. The van der Waals surface area contributed by atoms with Crippen molar-refractivity contribution in [1.82, 2.24) is 0 Å². The second-order valence-electron chi connectivity index (χ2n) is 5.71. The fourth-order valence-corrected chi connectivity index (χ4v) is 2.64. The second kappa shape index (κ2) is 6.20. The van der Waals surface area contributed by atoms with E-state index in [0.29, 0.717) is 0 Å². The molecule has 3 heteroatoms. The Hall–Kier alpha value is -1.35. The number of hydrogen-bond acceptors (Lipinski definition) is 2. The van der Waals surface area contributed by atoms with Crippen molar-refractivity contribution in [2.75, 3.05) is 11.9 Å². The zero-order valence-electron chi connectivity index (χ0n) is 11.8. The maximum absolute atomic E-state index is 12.1. The summed E-state index contributed by atoms with van der Waals surface area (Å²) in [6.07, 6.45) is 4.75. The molecule has 1 aromatic rings. The van der Waals surface area contributed by atoms with Crippen LogP contribution in [0.2, 0.25) is 0 Å². The van der Waals surface area contributed by atoms with E-state index in [1.807, 2.05) is 19.9 Å². The molecule has 1 aromatic carbocycles. The number of rotatable bonds is 4. The van der Waals surface area contributed by atoms with Gasteiger partial charge in [-0.2, -0.15) is 0 Å². The zero-order chi connectivity index (χ0) is 13.8. The number of nitrogens with one attached hydrogen (secondary N) is 1. The highest BCUT2D eigenvalue weighted by atomic mass is 16.3. The number of carbonyl (C=O) groups excluding carboxylic acids is 1. The first-order valence-corrected chi connectivity index (χ1v) is 7.15. The van der Waals surface area contributed by atoms with Gasteiger partial charge in [-0.05, 0) is 54.9 Å². The number of benzene rings is 1. The molecule has 0 radical (unpaired) electrons. The van der Waals surface area contributed by atoms with Crippen LogP contribution >= 0.6 is 0 Å². The van der Waals surface area contributed by atoms with Crippen molar-refractivity contribution in [2.45, 2.75) is 39.5 Å². The zero-order valence-corrected chi connectivity index (χ0v) is 11.8. The summed E-state index contributed by atoms with van der Waals surface area (Å²) in [5, 5.41) is 12.2. The molecule has 0 saturated carbocycles. The molecule has 0 aliphatic heterocycles. The number of anilines is 1. The van der Waals surface area contributed by atoms with Gasteiger partial charge in [0.25, 0.3) is 0 Å². The first-order valence-electron chi connectivity index (χ1n) is 7.15. The van der Waals surface area contributed by atoms with Crippen LogP contribution in [0.25, 0.3) is 0 Å². The molecule has 104 valence electrons. The molecule has 0 saturated heterocycles. The summed E-state index contributed by atoms with van der Waals surface area (Å²) in [5.74, 6) is -0.285. The number of hydrogen-bond donors (Lipinski definition) is 2. The van der Waals surface area contributed by atoms with E-state index < -0.39 is 0 Å². The van der Waals surface area contributed by atoms with E-state index in [9.17, 15) is 9.90 Å². The normalized spacial score (nSPS) is 16.0. The van der Waals surface area contributed by atoms with Crippen LogP contribution in [0.1, 0.15) is 37.8 Å². The van der Waals surface area contributed by atoms with Gasteiger partial charge < -0.3 is 10.4 Å². The van der Waals surface area contributed by atoms with Gasteiger partial charge in [0.05, 0.1) is 12.5 Å². The van der Waals surface area contributed by atoms with Crippen molar-refractivity contribution in [3.63, 3.8) is 0 Å². The minimum atomic E-state index is -0.337. The molecule has 1 amide bonds. The Bertz CT molecular complexity index is 454. The quantitative estimate of drug-likeness (QED) is 0.875. The molecule has 0 heterocycles. The lowest BCUT2D eigenvalue weighted by atomic mass is 9.91. The van der Waals surface area contributed by atoms with Crippen molar-refractivity contribution in [2.24, 2.45) is 11.8 Å². The van der Waals surface area contributed by atoms with Gasteiger partial charge in [-0.25, -0.2) is 0 Å². The lowest BCUT2D eigenvalue weighted by Gasteiger charge is -2.20. The highest BCUT2D eigenvalue weighted by molar-refractivity contribution is 5.92. The van der Waals surface area contributed by atoms with E-state index >= 15 is 0 Å². The third kappa shape index (κ3) is 3.35. The van der Waals surface area contributed by atoms with Crippen LogP contribution in [0.5, 0.6) is 0 Å². The van der Waals surface area contributed by atoms with Gasteiger partial charge in [-0.15, -0.1) is 0 Å². The standard InChI is InChI=1S/C16H23NO2/c1-11(2)15(10-18)16(19)17-14-8-7-12-5-3-4-6-13(12)9-14/h7-9,11,15,18H,3-6,10H2,1-2H3,(H,17,19). The monoisotopic (exact) mass is 261 g/mol. The highest BCUT2D eigenvalue weighted by Crippen LogP contribution is 2.24. The van der Waals surface area contributed by atoms with Gasteiger partial charge in [-0.3, -0.25) is 4.79 Å². The maximum atomic E-state index is 12.1. The first kappa shape index (κ1) is 14.1. The molecule has 1 unspecified atom stereocenters. The average Bonchev–Trinajstić information content (AvgIpc) is 2.39. The Balaban J connectivity index is 2.08. The summed E-state index contributed by atoms with van der Waals surface area (Å²) in [4.78, 5) is 12.1. The van der Waals surface area contributed by atoms with Crippen LogP contribution in [0.4, 0.5) is 5.69 Å². The molecule has 0 bridgehead atoms. The molecule has 2 N–H and O–H groups in total. The fraction of sp³-hybridized carbons (Fsp3) is 0.562.